The van der Waals surface area contributed by atoms with Crippen LogP contribution in [0.25, 0.3) is 22.4 Å². The van der Waals surface area contributed by atoms with E-state index in [0.29, 0.717) is 29.5 Å². The van der Waals surface area contributed by atoms with Gasteiger partial charge < -0.3 is 4.52 Å². The van der Waals surface area contributed by atoms with Crippen molar-refractivity contribution in [2.75, 3.05) is 6.26 Å². The summed E-state index contributed by atoms with van der Waals surface area (Å²) in [6.45, 7) is 1.71. The molecule has 5 nitrogen and oxygen atoms in total. The van der Waals surface area contributed by atoms with Gasteiger partial charge in [0.2, 0.25) is 5.76 Å². The second kappa shape index (κ2) is 6.76. The number of hydrogen-bond acceptors (Lipinski definition) is 5. The maximum Gasteiger partial charge on any atom is 0.298 e. The minimum Gasteiger partial charge on any atom is -0.354 e. The molecule has 27 heavy (non-hydrogen) atoms. The van der Waals surface area contributed by atoms with E-state index in [1.54, 1.807) is 13.0 Å². The number of hydrogen-bond donors (Lipinski definition) is 0. The maximum absolute atomic E-state index is 14.3. The fourth-order valence-electron chi connectivity index (χ4n) is 2.67. The Labute approximate surface area is 151 Å². The zero-order valence-electron chi connectivity index (χ0n) is 14.0. The van der Waals surface area contributed by atoms with Crippen LogP contribution in [0.2, 0.25) is 0 Å². The van der Waals surface area contributed by atoms with Crippen LogP contribution in [0.4, 0.5) is 17.6 Å². The Bertz CT molecular complexity index is 1100. The number of halogens is 4. The van der Waals surface area contributed by atoms with Crippen molar-refractivity contribution >= 4 is 9.84 Å². The molecular weight excluding hydrogens is 388 g/mol. The second-order valence-corrected chi connectivity index (χ2v) is 7.82. The summed E-state index contributed by atoms with van der Waals surface area (Å²) in [5, 5.41) is 3.60. The van der Waals surface area contributed by atoms with Crippen LogP contribution in [0, 0.1) is 18.6 Å². The lowest BCUT2D eigenvalue weighted by molar-refractivity contribution is 0.113. The van der Waals surface area contributed by atoms with Crippen LogP contribution >= 0.6 is 0 Å². The van der Waals surface area contributed by atoms with E-state index in [0.717, 1.165) is 0 Å². The SMILES string of the molecule is Cc1cncc(-c2noc(C(F)F)c2-c2cc(F)c(S(C)(=O)=O)c(F)c2)c1. The lowest BCUT2D eigenvalue weighted by Gasteiger charge is -2.08. The molecule has 2 aromatic heterocycles. The molecule has 3 aromatic rings. The van der Waals surface area contributed by atoms with Crippen LogP contribution in [0.15, 0.2) is 40.0 Å². The lowest BCUT2D eigenvalue weighted by atomic mass is 9.99. The Morgan fingerprint density at radius 2 is 1.67 bits per heavy atom. The molecule has 1 aromatic carbocycles. The molecule has 142 valence electrons. The molecule has 0 saturated carbocycles. The predicted molar refractivity (Wildman–Crippen MR) is 87.9 cm³/mol. The molecule has 10 heteroatoms. The number of nitrogens with zero attached hydrogens (tertiary/aromatic N) is 2. The zero-order chi connectivity index (χ0) is 19.9. The van der Waals surface area contributed by atoms with Crippen molar-refractivity contribution in [1.82, 2.24) is 10.1 Å². The molecule has 0 atom stereocenters. The number of alkyl halides is 2. The zero-order valence-corrected chi connectivity index (χ0v) is 14.8. The van der Waals surface area contributed by atoms with Gasteiger partial charge in [-0.3, -0.25) is 4.98 Å². The van der Waals surface area contributed by atoms with Crippen molar-refractivity contribution in [3.63, 3.8) is 0 Å². The summed E-state index contributed by atoms with van der Waals surface area (Å²) in [5.41, 5.74) is 0.242. The molecule has 0 bridgehead atoms. The van der Waals surface area contributed by atoms with E-state index in [1.807, 2.05) is 0 Å². The highest BCUT2D eigenvalue weighted by atomic mass is 32.2. The predicted octanol–water partition coefficient (Wildman–Crippen LogP) is 4.33. The Balaban J connectivity index is 2.30. The van der Waals surface area contributed by atoms with E-state index in [2.05, 4.69) is 10.1 Å². The Morgan fingerprint density at radius 3 is 2.19 bits per heavy atom. The van der Waals surface area contributed by atoms with E-state index < -0.39 is 38.6 Å². The largest absolute Gasteiger partial charge is 0.354 e. The summed E-state index contributed by atoms with van der Waals surface area (Å²) in [7, 11) is -4.19. The van der Waals surface area contributed by atoms with Gasteiger partial charge in [0.05, 0.1) is 5.56 Å². The van der Waals surface area contributed by atoms with Crippen LogP contribution in [-0.2, 0) is 9.84 Å². The van der Waals surface area contributed by atoms with Crippen molar-refractivity contribution in [1.29, 1.82) is 0 Å². The fourth-order valence-corrected chi connectivity index (χ4v) is 3.50. The molecular formula is C17H12F4N2O3S. The molecule has 0 aliphatic carbocycles. The van der Waals surface area contributed by atoms with Crippen LogP contribution in [-0.4, -0.2) is 24.8 Å². The van der Waals surface area contributed by atoms with E-state index in [9.17, 15) is 26.0 Å². The molecule has 0 spiro atoms. The number of benzene rings is 1. The normalized spacial score (nSPS) is 12.0. The van der Waals surface area contributed by atoms with Gasteiger partial charge in [0.1, 0.15) is 22.2 Å². The van der Waals surface area contributed by atoms with Crippen LogP contribution in [0.3, 0.4) is 0 Å². The minimum absolute atomic E-state index is 0.0904. The molecule has 0 aliphatic heterocycles. The highest BCUT2D eigenvalue weighted by Crippen LogP contribution is 2.40. The van der Waals surface area contributed by atoms with Crippen LogP contribution in [0.5, 0.6) is 0 Å². The van der Waals surface area contributed by atoms with Gasteiger partial charge in [-0.15, -0.1) is 0 Å². The molecule has 3 rings (SSSR count). The van der Waals surface area contributed by atoms with Crippen LogP contribution < -0.4 is 0 Å². The number of sulfone groups is 1. The average molecular weight is 400 g/mol. The summed E-state index contributed by atoms with van der Waals surface area (Å²) in [6, 6.07) is 2.90. The summed E-state index contributed by atoms with van der Waals surface area (Å²) in [4.78, 5) is 2.80. The number of aryl methyl sites for hydroxylation is 1. The first-order chi connectivity index (χ1) is 12.6. The van der Waals surface area contributed by atoms with Gasteiger partial charge in [0, 0.05) is 24.2 Å². The highest BCUT2D eigenvalue weighted by Gasteiger charge is 2.29. The van der Waals surface area contributed by atoms with Gasteiger partial charge in [0.15, 0.2) is 9.84 Å². The first kappa shape index (κ1) is 19.0. The Kier molecular flexibility index (Phi) is 4.77. The Hall–Kier alpha value is -2.75. The van der Waals surface area contributed by atoms with Gasteiger partial charge in [-0.25, -0.2) is 26.0 Å². The van der Waals surface area contributed by atoms with Gasteiger partial charge in [-0.1, -0.05) is 5.16 Å². The average Bonchev–Trinajstić information content (AvgIpc) is 2.98. The third-order valence-corrected chi connectivity index (χ3v) is 4.85. The van der Waals surface area contributed by atoms with Crippen molar-refractivity contribution in [2.45, 2.75) is 18.2 Å². The van der Waals surface area contributed by atoms with E-state index in [-0.39, 0.29) is 16.8 Å². The quantitative estimate of drug-likeness (QED) is 0.610. The lowest BCUT2D eigenvalue weighted by Crippen LogP contribution is -2.05. The van der Waals surface area contributed by atoms with Gasteiger partial charge in [-0.2, -0.15) is 0 Å². The molecule has 0 radical (unpaired) electrons. The summed E-state index contributed by atoms with van der Waals surface area (Å²) >= 11 is 0. The van der Waals surface area contributed by atoms with E-state index in [1.165, 1.54) is 12.4 Å². The number of pyridine rings is 1. The number of rotatable bonds is 4. The molecule has 0 aliphatic rings. The molecule has 2 heterocycles. The van der Waals surface area contributed by atoms with Crippen molar-refractivity contribution in [2.24, 2.45) is 0 Å². The summed E-state index contributed by atoms with van der Waals surface area (Å²) in [6.07, 6.45) is 0.389. The maximum atomic E-state index is 14.3. The Morgan fingerprint density at radius 1 is 1.04 bits per heavy atom. The summed E-state index contributed by atoms with van der Waals surface area (Å²) in [5.74, 6) is -3.69. The first-order valence-electron chi connectivity index (χ1n) is 7.48. The van der Waals surface area contributed by atoms with E-state index >= 15 is 0 Å². The van der Waals surface area contributed by atoms with Gasteiger partial charge >= 0.3 is 0 Å². The molecule has 0 fully saturated rings. The monoisotopic (exact) mass is 400 g/mol. The number of aromatic nitrogens is 2. The second-order valence-electron chi connectivity index (χ2n) is 5.86. The first-order valence-corrected chi connectivity index (χ1v) is 9.38. The fraction of sp³-hybridized carbons (Fsp3) is 0.176. The summed E-state index contributed by atoms with van der Waals surface area (Å²) < 4.78 is 83.0. The minimum atomic E-state index is -4.19. The third kappa shape index (κ3) is 3.57. The van der Waals surface area contributed by atoms with Crippen LogP contribution in [0.1, 0.15) is 17.7 Å². The topological polar surface area (TPSA) is 73.1 Å². The molecule has 0 saturated heterocycles. The van der Waals surface area contributed by atoms with E-state index in [4.69, 9.17) is 4.52 Å². The standard InChI is InChI=1S/C17H12F4N2O3S/c1-8-3-10(7-22-6-8)14-13(15(17(20)21)26-23-14)9-4-11(18)16(12(19)5-9)27(2,24)25/h3-7,17H,1-2H3. The van der Waals surface area contributed by atoms with Crippen molar-refractivity contribution in [3.05, 3.63) is 53.6 Å². The molecule has 0 amide bonds. The van der Waals surface area contributed by atoms with Crippen molar-refractivity contribution in [3.8, 4) is 22.4 Å². The third-order valence-electron chi connectivity index (χ3n) is 3.72. The van der Waals surface area contributed by atoms with Gasteiger partial charge in [0.25, 0.3) is 6.43 Å². The highest BCUT2D eigenvalue weighted by molar-refractivity contribution is 7.90. The van der Waals surface area contributed by atoms with Crippen molar-refractivity contribution < 1.29 is 30.5 Å². The van der Waals surface area contributed by atoms with Gasteiger partial charge in [-0.05, 0) is 36.2 Å². The molecule has 0 N–H and O–H groups in total. The molecule has 0 unspecified atom stereocenters. The smallest absolute Gasteiger partial charge is 0.298 e.